The normalized spacial score (nSPS) is 24.6. The number of carbonyl (C=O) groups excluding carboxylic acids is 1. The molecule has 2 saturated heterocycles. The van der Waals surface area contributed by atoms with Crippen molar-refractivity contribution in [3.63, 3.8) is 0 Å². The summed E-state index contributed by atoms with van der Waals surface area (Å²) in [5.41, 5.74) is 0.712. The lowest BCUT2D eigenvalue weighted by Crippen LogP contribution is -2.51. The highest BCUT2D eigenvalue weighted by Crippen LogP contribution is 2.17. The summed E-state index contributed by atoms with van der Waals surface area (Å²) in [5, 5.41) is 11.8. The predicted molar refractivity (Wildman–Crippen MR) is 85.9 cm³/mol. The summed E-state index contributed by atoms with van der Waals surface area (Å²) in [6.45, 7) is 8.32. The maximum absolute atomic E-state index is 12.4. The molecule has 1 N–H and O–H groups in total. The van der Waals surface area contributed by atoms with Crippen LogP contribution in [0.25, 0.3) is 0 Å². The smallest absolute Gasteiger partial charge is 0.244 e. The van der Waals surface area contributed by atoms with Crippen molar-refractivity contribution < 1.29 is 9.53 Å². The Bertz CT molecular complexity index is 536. The number of amides is 1. The molecule has 128 valence electrons. The average molecular weight is 321 g/mol. The minimum atomic E-state index is -0.268. The van der Waals surface area contributed by atoms with E-state index >= 15 is 0 Å². The number of ether oxygens (including phenoxy) is 1. The third kappa shape index (κ3) is 4.51. The largest absolute Gasteiger partial charge is 0.372 e. The highest BCUT2D eigenvalue weighted by Gasteiger charge is 2.30. The van der Waals surface area contributed by atoms with Gasteiger partial charge in [0.25, 0.3) is 0 Å². The molecule has 1 atom stereocenters. The molecule has 2 fully saturated rings. The van der Waals surface area contributed by atoms with Crippen LogP contribution in [0.1, 0.15) is 32.4 Å². The standard InChI is InChI=1S/C16H27N5O2/c1-16(2)12-20(6-7-23-16)15(22)11-21-10-14(18-19-21)8-13-4-3-5-17-9-13/h10,13,17H,3-9,11-12H2,1-2H3. The average Bonchev–Trinajstić information content (AvgIpc) is 2.94. The molecule has 1 aromatic rings. The molecule has 7 nitrogen and oxygen atoms in total. The zero-order chi connectivity index (χ0) is 16.3. The third-order valence-electron chi connectivity index (χ3n) is 4.56. The fourth-order valence-corrected chi connectivity index (χ4v) is 3.37. The third-order valence-corrected chi connectivity index (χ3v) is 4.56. The molecule has 23 heavy (non-hydrogen) atoms. The first-order chi connectivity index (χ1) is 11.0. The van der Waals surface area contributed by atoms with Gasteiger partial charge in [-0.25, -0.2) is 4.68 Å². The number of morpholine rings is 1. The molecule has 1 aromatic heterocycles. The lowest BCUT2D eigenvalue weighted by Gasteiger charge is -2.38. The van der Waals surface area contributed by atoms with Gasteiger partial charge in [-0.15, -0.1) is 5.10 Å². The van der Waals surface area contributed by atoms with Gasteiger partial charge in [-0.2, -0.15) is 0 Å². The van der Waals surface area contributed by atoms with Crippen LogP contribution in [-0.2, 0) is 22.5 Å². The van der Waals surface area contributed by atoms with Gasteiger partial charge in [0.1, 0.15) is 6.54 Å². The molecule has 3 heterocycles. The molecule has 2 aliphatic heterocycles. The Labute approximate surface area is 137 Å². The molecular formula is C16H27N5O2. The van der Waals surface area contributed by atoms with Crippen LogP contribution in [0.15, 0.2) is 6.20 Å². The van der Waals surface area contributed by atoms with Gasteiger partial charge in [-0.1, -0.05) is 5.21 Å². The molecular weight excluding hydrogens is 294 g/mol. The Balaban J connectivity index is 1.52. The first kappa shape index (κ1) is 16.4. The monoisotopic (exact) mass is 321 g/mol. The van der Waals surface area contributed by atoms with Gasteiger partial charge < -0.3 is 15.0 Å². The van der Waals surface area contributed by atoms with Crippen molar-refractivity contribution in [1.29, 1.82) is 0 Å². The summed E-state index contributed by atoms with van der Waals surface area (Å²) in [6, 6.07) is 0. The van der Waals surface area contributed by atoms with E-state index in [0.29, 0.717) is 25.6 Å². The number of nitrogens with zero attached hydrogens (tertiary/aromatic N) is 4. The first-order valence-corrected chi connectivity index (χ1v) is 8.53. The van der Waals surface area contributed by atoms with Gasteiger partial charge >= 0.3 is 0 Å². The molecule has 0 aliphatic carbocycles. The van der Waals surface area contributed by atoms with E-state index < -0.39 is 0 Å². The second kappa shape index (κ2) is 6.97. The summed E-state index contributed by atoms with van der Waals surface area (Å²) in [5.74, 6) is 0.710. The van der Waals surface area contributed by atoms with Crippen molar-refractivity contribution in [1.82, 2.24) is 25.2 Å². The summed E-state index contributed by atoms with van der Waals surface area (Å²) in [7, 11) is 0. The zero-order valence-corrected chi connectivity index (χ0v) is 14.1. The van der Waals surface area contributed by atoms with Crippen LogP contribution in [0.3, 0.4) is 0 Å². The van der Waals surface area contributed by atoms with E-state index in [4.69, 9.17) is 4.74 Å². The van der Waals surface area contributed by atoms with Gasteiger partial charge in [-0.3, -0.25) is 4.79 Å². The summed E-state index contributed by atoms with van der Waals surface area (Å²) >= 11 is 0. The minimum Gasteiger partial charge on any atom is -0.372 e. The molecule has 0 bridgehead atoms. The second-order valence-corrected chi connectivity index (χ2v) is 7.25. The van der Waals surface area contributed by atoms with E-state index in [1.54, 1.807) is 4.68 Å². The molecule has 3 rings (SSSR count). The number of piperidine rings is 1. The van der Waals surface area contributed by atoms with Crippen molar-refractivity contribution in [2.24, 2.45) is 5.92 Å². The lowest BCUT2D eigenvalue weighted by atomic mass is 9.95. The van der Waals surface area contributed by atoms with Crippen LogP contribution in [0.4, 0.5) is 0 Å². The van der Waals surface area contributed by atoms with E-state index in [-0.39, 0.29) is 18.1 Å². The predicted octanol–water partition coefficient (Wildman–Crippen LogP) is 0.458. The van der Waals surface area contributed by atoms with Gasteiger partial charge in [-0.05, 0) is 52.1 Å². The SMILES string of the molecule is CC1(C)CN(C(=O)Cn2cc(CC3CCCNC3)nn2)CCO1. The topological polar surface area (TPSA) is 72.3 Å². The van der Waals surface area contributed by atoms with Crippen LogP contribution in [0.5, 0.6) is 0 Å². The molecule has 7 heteroatoms. The Morgan fingerprint density at radius 3 is 3.13 bits per heavy atom. The number of aromatic nitrogens is 3. The highest BCUT2D eigenvalue weighted by molar-refractivity contribution is 5.76. The Kier molecular flexibility index (Phi) is 4.96. The fraction of sp³-hybridized carbons (Fsp3) is 0.812. The van der Waals surface area contributed by atoms with Crippen LogP contribution in [-0.4, -0.2) is 64.2 Å². The quantitative estimate of drug-likeness (QED) is 0.872. The molecule has 1 amide bonds. The maximum atomic E-state index is 12.4. The van der Waals surface area contributed by atoms with Gasteiger partial charge in [0, 0.05) is 19.3 Å². The van der Waals surface area contributed by atoms with Crippen molar-refractivity contribution in [2.75, 3.05) is 32.8 Å². The highest BCUT2D eigenvalue weighted by atomic mass is 16.5. The molecule has 0 saturated carbocycles. The number of hydrogen-bond acceptors (Lipinski definition) is 5. The van der Waals surface area contributed by atoms with Gasteiger partial charge in [0.15, 0.2) is 0 Å². The van der Waals surface area contributed by atoms with Crippen LogP contribution in [0.2, 0.25) is 0 Å². The van der Waals surface area contributed by atoms with Gasteiger partial charge in [0.2, 0.25) is 5.91 Å². The van der Waals surface area contributed by atoms with E-state index in [9.17, 15) is 4.79 Å². The summed E-state index contributed by atoms with van der Waals surface area (Å²) in [6.07, 6.45) is 5.32. The molecule has 2 aliphatic rings. The Morgan fingerprint density at radius 1 is 1.52 bits per heavy atom. The van der Waals surface area contributed by atoms with E-state index in [2.05, 4.69) is 15.6 Å². The molecule has 0 radical (unpaired) electrons. The van der Waals surface area contributed by atoms with E-state index in [0.717, 1.165) is 25.2 Å². The van der Waals surface area contributed by atoms with E-state index in [1.807, 2.05) is 24.9 Å². The van der Waals surface area contributed by atoms with Crippen molar-refractivity contribution in [2.45, 2.75) is 45.3 Å². The number of carbonyl (C=O) groups is 1. The minimum absolute atomic E-state index is 0.0807. The zero-order valence-electron chi connectivity index (χ0n) is 14.1. The van der Waals surface area contributed by atoms with Crippen molar-refractivity contribution in [3.8, 4) is 0 Å². The second-order valence-electron chi connectivity index (χ2n) is 7.25. The number of hydrogen-bond donors (Lipinski definition) is 1. The number of rotatable bonds is 4. The molecule has 1 unspecified atom stereocenters. The summed E-state index contributed by atoms with van der Waals surface area (Å²) in [4.78, 5) is 14.3. The van der Waals surface area contributed by atoms with Crippen molar-refractivity contribution in [3.05, 3.63) is 11.9 Å². The lowest BCUT2D eigenvalue weighted by molar-refractivity contribution is -0.146. The van der Waals surface area contributed by atoms with Crippen LogP contribution < -0.4 is 5.32 Å². The fourth-order valence-electron chi connectivity index (χ4n) is 3.37. The molecule has 0 spiro atoms. The first-order valence-electron chi connectivity index (χ1n) is 8.53. The number of nitrogens with one attached hydrogen (secondary N) is 1. The van der Waals surface area contributed by atoms with Crippen LogP contribution in [0, 0.1) is 5.92 Å². The van der Waals surface area contributed by atoms with Gasteiger partial charge in [0.05, 0.1) is 17.9 Å². The summed E-state index contributed by atoms with van der Waals surface area (Å²) < 4.78 is 7.31. The molecule has 0 aromatic carbocycles. The van der Waals surface area contributed by atoms with Crippen LogP contribution >= 0.6 is 0 Å². The van der Waals surface area contributed by atoms with E-state index in [1.165, 1.54) is 12.8 Å². The Morgan fingerprint density at radius 2 is 2.39 bits per heavy atom. The Hall–Kier alpha value is -1.47. The maximum Gasteiger partial charge on any atom is 0.244 e. The van der Waals surface area contributed by atoms with Crippen molar-refractivity contribution >= 4 is 5.91 Å².